The van der Waals surface area contributed by atoms with Crippen LogP contribution in [-0.2, 0) is 19.1 Å². The molecule has 0 radical (unpaired) electrons. The maximum Gasteiger partial charge on any atom is 0.326 e. The van der Waals surface area contributed by atoms with Crippen LogP contribution in [0.1, 0.15) is 19.4 Å². The summed E-state index contributed by atoms with van der Waals surface area (Å²) in [6, 6.07) is 11.8. The Kier molecular flexibility index (Phi) is 8.96. The second-order valence-electron chi connectivity index (χ2n) is 7.75. The molecule has 1 fully saturated rings. The largest absolute Gasteiger partial charge is 0.495 e. The minimum atomic E-state index is -0.661. The molecule has 1 heterocycles. The van der Waals surface area contributed by atoms with E-state index in [1.807, 2.05) is 0 Å². The lowest BCUT2D eigenvalue weighted by Gasteiger charge is -2.13. The van der Waals surface area contributed by atoms with Gasteiger partial charge >= 0.3 is 5.97 Å². The predicted octanol–water partition coefficient (Wildman–Crippen LogP) is 3.71. The van der Waals surface area contributed by atoms with Gasteiger partial charge in [0.05, 0.1) is 30.9 Å². The lowest BCUT2D eigenvalue weighted by atomic mass is 10.2. The normalized spacial score (nSPS) is 14.2. The van der Waals surface area contributed by atoms with E-state index in [9.17, 15) is 19.2 Å². The lowest BCUT2D eigenvalue weighted by Crippen LogP contribution is -2.35. The third kappa shape index (κ3) is 6.79. The van der Waals surface area contributed by atoms with Gasteiger partial charge in [-0.15, -0.1) is 0 Å². The van der Waals surface area contributed by atoms with Gasteiger partial charge in [-0.3, -0.25) is 24.1 Å². The maximum atomic E-state index is 12.6. The fraction of sp³-hybridized carbons (Fsp3) is 0.280. The molecule has 0 spiro atoms. The molecule has 1 aliphatic heterocycles. The van der Waals surface area contributed by atoms with Crippen LogP contribution in [-0.4, -0.2) is 61.4 Å². The summed E-state index contributed by atoms with van der Waals surface area (Å²) in [4.78, 5) is 50.1. The fourth-order valence-corrected chi connectivity index (χ4v) is 4.03. The first kappa shape index (κ1) is 26.6. The number of para-hydroxylation sites is 2. The minimum absolute atomic E-state index is 0.157. The van der Waals surface area contributed by atoms with Crippen LogP contribution in [0.5, 0.6) is 17.2 Å². The zero-order chi connectivity index (χ0) is 26.2. The van der Waals surface area contributed by atoms with E-state index >= 15 is 0 Å². The van der Waals surface area contributed by atoms with Crippen LogP contribution in [0.3, 0.4) is 0 Å². The monoisotopic (exact) mass is 514 g/mol. The number of esters is 1. The molecule has 0 aliphatic carbocycles. The Balaban J connectivity index is 1.66. The number of methoxy groups -OCH3 is 2. The Bertz CT molecular complexity index is 1190. The van der Waals surface area contributed by atoms with Crippen LogP contribution in [0.4, 0.5) is 10.5 Å². The molecule has 1 saturated heterocycles. The van der Waals surface area contributed by atoms with Crippen molar-refractivity contribution in [3.63, 3.8) is 0 Å². The summed E-state index contributed by atoms with van der Waals surface area (Å²) < 4.78 is 21.2. The highest BCUT2D eigenvalue weighted by Crippen LogP contribution is 2.34. The van der Waals surface area contributed by atoms with Crippen molar-refractivity contribution in [2.75, 3.05) is 32.7 Å². The third-order valence-corrected chi connectivity index (χ3v) is 5.66. The van der Waals surface area contributed by atoms with Gasteiger partial charge in [0, 0.05) is 0 Å². The molecule has 0 bridgehead atoms. The van der Waals surface area contributed by atoms with E-state index in [1.54, 1.807) is 56.3 Å². The first-order chi connectivity index (χ1) is 17.2. The highest BCUT2D eigenvalue weighted by molar-refractivity contribution is 8.18. The Morgan fingerprint density at radius 2 is 1.75 bits per heavy atom. The lowest BCUT2D eigenvalue weighted by molar-refractivity contribution is -0.149. The zero-order valence-electron chi connectivity index (χ0n) is 20.2. The number of amides is 3. The number of nitrogens with zero attached hydrogens (tertiary/aromatic N) is 1. The molecule has 10 nitrogen and oxygen atoms in total. The van der Waals surface area contributed by atoms with E-state index in [0.29, 0.717) is 28.5 Å². The number of thioether (sulfide) groups is 1. The van der Waals surface area contributed by atoms with E-state index in [1.165, 1.54) is 20.3 Å². The van der Waals surface area contributed by atoms with Crippen LogP contribution in [0.2, 0.25) is 0 Å². The molecule has 1 N–H and O–H groups in total. The van der Waals surface area contributed by atoms with E-state index in [4.69, 9.17) is 18.9 Å². The molecule has 0 saturated carbocycles. The zero-order valence-corrected chi connectivity index (χ0v) is 21.0. The summed E-state index contributed by atoms with van der Waals surface area (Å²) >= 11 is 0.729. The number of anilines is 1. The van der Waals surface area contributed by atoms with E-state index in [-0.39, 0.29) is 17.6 Å². The van der Waals surface area contributed by atoms with Crippen molar-refractivity contribution < 1.29 is 38.1 Å². The molecule has 11 heteroatoms. The van der Waals surface area contributed by atoms with Crippen molar-refractivity contribution >= 4 is 46.5 Å². The molecular weight excluding hydrogens is 488 g/mol. The average Bonchev–Trinajstić information content (AvgIpc) is 3.10. The predicted molar refractivity (Wildman–Crippen MR) is 134 cm³/mol. The molecule has 1 aliphatic rings. The Labute approximate surface area is 212 Å². The van der Waals surface area contributed by atoms with Gasteiger partial charge in [-0.2, -0.15) is 0 Å². The fourth-order valence-electron chi connectivity index (χ4n) is 3.19. The van der Waals surface area contributed by atoms with Crippen molar-refractivity contribution in [3.05, 3.63) is 52.9 Å². The summed E-state index contributed by atoms with van der Waals surface area (Å²) in [6.07, 6.45) is 1.16. The van der Waals surface area contributed by atoms with Crippen molar-refractivity contribution in [1.29, 1.82) is 0 Å². The van der Waals surface area contributed by atoms with Gasteiger partial charge in [0.1, 0.15) is 12.3 Å². The summed E-state index contributed by atoms with van der Waals surface area (Å²) in [7, 11) is 2.95. The SMILES string of the molecule is COc1ccccc1NC(=O)COc1ccc(/C=C2\SC(=O)N(CC(=O)OC(C)C)C2=O)cc1OC. The number of rotatable bonds is 10. The van der Waals surface area contributed by atoms with Crippen molar-refractivity contribution in [1.82, 2.24) is 4.90 Å². The first-order valence-electron chi connectivity index (χ1n) is 10.9. The Morgan fingerprint density at radius 1 is 1.03 bits per heavy atom. The van der Waals surface area contributed by atoms with Crippen LogP contribution in [0, 0.1) is 0 Å². The summed E-state index contributed by atoms with van der Waals surface area (Å²) in [5.41, 5.74) is 1.08. The second kappa shape index (κ2) is 12.1. The number of carbonyl (C=O) groups excluding carboxylic acids is 4. The molecule has 2 aromatic carbocycles. The highest BCUT2D eigenvalue weighted by atomic mass is 32.2. The average molecular weight is 515 g/mol. The molecular formula is C25H26N2O8S. The third-order valence-electron chi connectivity index (χ3n) is 4.75. The van der Waals surface area contributed by atoms with Gasteiger partial charge in [-0.1, -0.05) is 18.2 Å². The molecule has 3 rings (SSSR count). The van der Waals surface area contributed by atoms with Gasteiger partial charge < -0.3 is 24.3 Å². The topological polar surface area (TPSA) is 120 Å². The number of nitrogens with one attached hydrogen (secondary N) is 1. The first-order valence-corrected chi connectivity index (χ1v) is 11.7. The number of hydrogen-bond donors (Lipinski definition) is 1. The maximum absolute atomic E-state index is 12.6. The van der Waals surface area contributed by atoms with Gasteiger partial charge in [0.25, 0.3) is 17.1 Å². The number of carbonyl (C=O) groups is 4. The number of imide groups is 1. The number of benzene rings is 2. The van der Waals surface area contributed by atoms with Crippen molar-refractivity contribution in [3.8, 4) is 17.2 Å². The standard InChI is InChI=1S/C25H26N2O8S/c1-15(2)35-23(29)13-27-24(30)21(36-25(27)31)12-16-9-10-19(20(11-16)33-4)34-14-22(28)26-17-7-5-6-8-18(17)32-3/h5-12,15H,13-14H2,1-4H3,(H,26,28)/b21-12-. The van der Waals surface area contributed by atoms with E-state index in [0.717, 1.165) is 16.7 Å². The molecule has 0 unspecified atom stereocenters. The van der Waals surface area contributed by atoms with Crippen molar-refractivity contribution in [2.45, 2.75) is 20.0 Å². The summed E-state index contributed by atoms with van der Waals surface area (Å²) in [5, 5.41) is 2.16. The Hall–Kier alpha value is -3.99. The van der Waals surface area contributed by atoms with Crippen LogP contribution >= 0.6 is 11.8 Å². The quantitative estimate of drug-likeness (QED) is 0.374. The van der Waals surface area contributed by atoms with Crippen LogP contribution in [0.15, 0.2) is 47.4 Å². The van der Waals surface area contributed by atoms with Gasteiger partial charge in [0.15, 0.2) is 18.1 Å². The van der Waals surface area contributed by atoms with Gasteiger partial charge in [-0.25, -0.2) is 0 Å². The highest BCUT2D eigenvalue weighted by Gasteiger charge is 2.36. The van der Waals surface area contributed by atoms with Crippen molar-refractivity contribution in [2.24, 2.45) is 0 Å². The van der Waals surface area contributed by atoms with Crippen LogP contribution in [0.25, 0.3) is 6.08 Å². The van der Waals surface area contributed by atoms with E-state index < -0.39 is 29.6 Å². The molecule has 36 heavy (non-hydrogen) atoms. The summed E-state index contributed by atoms with van der Waals surface area (Å²) in [6.45, 7) is 2.63. The molecule has 0 aromatic heterocycles. The van der Waals surface area contributed by atoms with Gasteiger partial charge in [0.2, 0.25) is 0 Å². The molecule has 0 atom stereocenters. The van der Waals surface area contributed by atoms with Crippen LogP contribution < -0.4 is 19.5 Å². The number of ether oxygens (including phenoxy) is 4. The van der Waals surface area contributed by atoms with Gasteiger partial charge in [-0.05, 0) is 61.5 Å². The second-order valence-corrected chi connectivity index (χ2v) is 8.75. The smallest absolute Gasteiger partial charge is 0.326 e. The summed E-state index contributed by atoms with van der Waals surface area (Å²) in [5.74, 6) is -0.475. The Morgan fingerprint density at radius 3 is 2.44 bits per heavy atom. The van der Waals surface area contributed by atoms with E-state index in [2.05, 4.69) is 5.32 Å². The number of hydrogen-bond acceptors (Lipinski definition) is 9. The molecule has 2 aromatic rings. The molecule has 3 amide bonds. The minimum Gasteiger partial charge on any atom is -0.495 e. The molecule has 190 valence electrons.